The number of hydrogen-bond acceptors (Lipinski definition) is 9. The number of carbonyl (C=O) groups excluding carboxylic acids is 4. The zero-order valence-corrected chi connectivity index (χ0v) is 22.7. The van der Waals surface area contributed by atoms with Crippen molar-refractivity contribution in [2.45, 2.75) is 56.3 Å². The summed E-state index contributed by atoms with van der Waals surface area (Å²) >= 11 is 0. The molecular formula is C25H36N10O7. The first-order chi connectivity index (χ1) is 19.8. The Hall–Kier alpha value is -5.19. The highest BCUT2D eigenvalue weighted by Crippen LogP contribution is 2.12. The SMILES string of the molecule is NC(=O)CC(NC(=O)C(N)Cc1cnc[nH]1)C(=O)NC(CCCN=C(N)N)C(=O)NC(Cc1ccc(O)cc1)C(=O)O. The van der Waals surface area contributed by atoms with Crippen molar-refractivity contribution in [3.63, 3.8) is 0 Å². The maximum Gasteiger partial charge on any atom is 0.326 e. The number of benzene rings is 1. The van der Waals surface area contributed by atoms with Crippen LogP contribution >= 0.6 is 0 Å². The first-order valence-electron chi connectivity index (χ1n) is 12.8. The van der Waals surface area contributed by atoms with Gasteiger partial charge in [0, 0.05) is 31.3 Å². The normalized spacial score (nSPS) is 13.5. The molecule has 17 nitrogen and oxygen atoms in total. The van der Waals surface area contributed by atoms with Gasteiger partial charge in [-0.1, -0.05) is 12.1 Å². The number of aromatic nitrogens is 2. The molecule has 2 rings (SSSR count). The van der Waals surface area contributed by atoms with Crippen molar-refractivity contribution in [2.24, 2.45) is 27.9 Å². The number of phenolic OH excluding ortho intramolecular Hbond substituents is 1. The number of primary amides is 1. The molecule has 0 aliphatic heterocycles. The number of aromatic hydroxyl groups is 1. The molecule has 0 radical (unpaired) electrons. The minimum absolute atomic E-state index is 0.0157. The summed E-state index contributed by atoms with van der Waals surface area (Å²) in [5.41, 5.74) is 22.9. The molecule has 1 aromatic heterocycles. The van der Waals surface area contributed by atoms with E-state index < -0.39 is 60.2 Å². The molecule has 0 aliphatic rings. The topological polar surface area (TPSA) is 307 Å². The first-order valence-corrected chi connectivity index (χ1v) is 12.8. The van der Waals surface area contributed by atoms with Crippen LogP contribution in [0.2, 0.25) is 0 Å². The van der Waals surface area contributed by atoms with Gasteiger partial charge in [-0.3, -0.25) is 24.2 Å². The maximum absolute atomic E-state index is 13.2. The first kappa shape index (κ1) is 33.0. The van der Waals surface area contributed by atoms with Gasteiger partial charge < -0.3 is 54.1 Å². The van der Waals surface area contributed by atoms with E-state index in [9.17, 15) is 34.2 Å². The molecule has 42 heavy (non-hydrogen) atoms. The van der Waals surface area contributed by atoms with Crippen molar-refractivity contribution in [3.05, 3.63) is 48.0 Å². The molecule has 17 heteroatoms. The zero-order valence-electron chi connectivity index (χ0n) is 22.7. The van der Waals surface area contributed by atoms with Gasteiger partial charge in [0.2, 0.25) is 23.6 Å². The number of amides is 4. The molecule has 1 heterocycles. The third-order valence-electron chi connectivity index (χ3n) is 5.94. The molecule has 0 bridgehead atoms. The number of carbonyl (C=O) groups is 5. The van der Waals surface area contributed by atoms with E-state index in [2.05, 4.69) is 30.9 Å². The number of phenols is 1. The fourth-order valence-corrected chi connectivity index (χ4v) is 3.80. The van der Waals surface area contributed by atoms with Gasteiger partial charge >= 0.3 is 5.97 Å². The van der Waals surface area contributed by atoms with Crippen molar-refractivity contribution in [1.29, 1.82) is 0 Å². The summed E-state index contributed by atoms with van der Waals surface area (Å²) in [6.07, 6.45) is 2.38. The number of carboxylic acids is 1. The van der Waals surface area contributed by atoms with Gasteiger partial charge in [0.05, 0.1) is 18.8 Å². The number of nitrogens with zero attached hydrogens (tertiary/aromatic N) is 2. The lowest BCUT2D eigenvalue weighted by Gasteiger charge is -2.25. The van der Waals surface area contributed by atoms with Crippen LogP contribution in [0.1, 0.15) is 30.5 Å². The summed E-state index contributed by atoms with van der Waals surface area (Å²) in [4.78, 5) is 73.1. The van der Waals surface area contributed by atoms with E-state index in [4.69, 9.17) is 22.9 Å². The number of rotatable bonds is 17. The second-order valence-corrected chi connectivity index (χ2v) is 9.40. The quantitative estimate of drug-likeness (QED) is 0.0495. The number of imidazole rings is 1. The monoisotopic (exact) mass is 588 g/mol. The predicted octanol–water partition coefficient (Wildman–Crippen LogP) is -3.30. The number of nitrogens with one attached hydrogen (secondary N) is 4. The molecule has 0 fully saturated rings. The summed E-state index contributed by atoms with van der Waals surface area (Å²) in [6, 6.07) is 0.458. The van der Waals surface area contributed by atoms with Crippen LogP contribution in [0.25, 0.3) is 0 Å². The average Bonchev–Trinajstić information content (AvgIpc) is 3.43. The van der Waals surface area contributed by atoms with Crippen LogP contribution in [0.5, 0.6) is 5.75 Å². The summed E-state index contributed by atoms with van der Waals surface area (Å²) in [6.45, 7) is 0.0990. The van der Waals surface area contributed by atoms with E-state index in [1.807, 2.05) is 0 Å². The van der Waals surface area contributed by atoms with E-state index in [0.717, 1.165) is 0 Å². The van der Waals surface area contributed by atoms with Gasteiger partial charge in [-0.15, -0.1) is 0 Å². The Morgan fingerprint density at radius 3 is 2.10 bits per heavy atom. The predicted molar refractivity (Wildman–Crippen MR) is 149 cm³/mol. The molecule has 4 unspecified atom stereocenters. The molecule has 14 N–H and O–H groups in total. The molecular weight excluding hydrogens is 552 g/mol. The lowest BCUT2D eigenvalue weighted by molar-refractivity contribution is -0.142. The fourth-order valence-electron chi connectivity index (χ4n) is 3.80. The van der Waals surface area contributed by atoms with Crippen molar-refractivity contribution in [2.75, 3.05) is 6.54 Å². The second kappa shape index (κ2) is 16.2. The minimum atomic E-state index is -1.48. The molecule has 228 valence electrons. The third-order valence-corrected chi connectivity index (χ3v) is 5.94. The zero-order chi connectivity index (χ0) is 31.2. The number of aliphatic carboxylic acids is 1. The summed E-state index contributed by atoms with van der Waals surface area (Å²) < 4.78 is 0. The van der Waals surface area contributed by atoms with Crippen molar-refractivity contribution in [1.82, 2.24) is 25.9 Å². The van der Waals surface area contributed by atoms with Crippen LogP contribution in [-0.4, -0.2) is 86.5 Å². The number of nitrogens with two attached hydrogens (primary N) is 4. The number of H-pyrrole nitrogens is 1. The molecule has 1 aromatic carbocycles. The van der Waals surface area contributed by atoms with Gasteiger partial charge in [0.1, 0.15) is 23.9 Å². The number of hydrogen-bond donors (Lipinski definition) is 10. The molecule has 0 saturated carbocycles. The summed E-state index contributed by atoms with van der Waals surface area (Å²) in [7, 11) is 0. The number of aromatic amines is 1. The molecule has 0 spiro atoms. The van der Waals surface area contributed by atoms with Crippen LogP contribution in [0, 0.1) is 0 Å². The van der Waals surface area contributed by atoms with E-state index in [0.29, 0.717) is 11.3 Å². The maximum atomic E-state index is 13.2. The molecule has 0 aliphatic carbocycles. The van der Waals surface area contributed by atoms with Gasteiger partial charge in [-0.25, -0.2) is 9.78 Å². The minimum Gasteiger partial charge on any atom is -0.508 e. The fraction of sp³-hybridized carbons (Fsp3) is 0.400. The van der Waals surface area contributed by atoms with Gasteiger partial charge in [-0.2, -0.15) is 0 Å². The van der Waals surface area contributed by atoms with Crippen LogP contribution in [0.3, 0.4) is 0 Å². The van der Waals surface area contributed by atoms with Crippen LogP contribution in [-0.2, 0) is 36.8 Å². The average molecular weight is 589 g/mol. The number of carboxylic acid groups (broad SMARTS) is 1. The Morgan fingerprint density at radius 2 is 1.52 bits per heavy atom. The molecule has 0 saturated heterocycles. The lowest BCUT2D eigenvalue weighted by Crippen LogP contribution is -2.58. The van der Waals surface area contributed by atoms with E-state index in [-0.39, 0.29) is 43.9 Å². The van der Waals surface area contributed by atoms with Crippen LogP contribution in [0.4, 0.5) is 0 Å². The van der Waals surface area contributed by atoms with Crippen LogP contribution < -0.4 is 38.9 Å². The van der Waals surface area contributed by atoms with Crippen molar-refractivity contribution >= 4 is 35.6 Å². The Balaban J connectivity index is 2.17. The van der Waals surface area contributed by atoms with Gasteiger partial charge in [0.25, 0.3) is 0 Å². The van der Waals surface area contributed by atoms with Crippen LogP contribution in [0.15, 0.2) is 41.8 Å². The van der Waals surface area contributed by atoms with Crippen molar-refractivity contribution < 1.29 is 34.2 Å². The second-order valence-electron chi connectivity index (χ2n) is 9.40. The van der Waals surface area contributed by atoms with Gasteiger partial charge in [0.15, 0.2) is 5.96 Å². The largest absolute Gasteiger partial charge is 0.508 e. The Bertz CT molecular complexity index is 1250. The highest BCUT2D eigenvalue weighted by Gasteiger charge is 2.31. The third kappa shape index (κ3) is 11.5. The Kier molecular flexibility index (Phi) is 12.7. The summed E-state index contributed by atoms with van der Waals surface area (Å²) in [5.74, 6) is -4.99. The molecule has 2 aromatic rings. The standard InChI is InChI=1S/C25H36N10O7/c26-16(9-14-11-30-12-32-14)21(38)34-18(10-20(27)37)23(40)33-17(2-1-7-31-25(28)29)22(39)35-19(24(41)42)8-13-3-5-15(36)6-4-13/h3-6,11-12,16-19,36H,1-2,7-10,26H2,(H2,27,37)(H,30,32)(H,33,40)(H,34,38)(H,35,39)(H,41,42)(H4,28,29,31). The van der Waals surface area contributed by atoms with E-state index in [1.54, 1.807) is 0 Å². The van der Waals surface area contributed by atoms with E-state index >= 15 is 0 Å². The number of aliphatic imine (C=N–C) groups is 1. The smallest absolute Gasteiger partial charge is 0.326 e. The van der Waals surface area contributed by atoms with E-state index in [1.165, 1.54) is 36.8 Å². The lowest BCUT2D eigenvalue weighted by atomic mass is 10.0. The molecule has 4 atom stereocenters. The Morgan fingerprint density at radius 1 is 0.905 bits per heavy atom. The highest BCUT2D eigenvalue weighted by atomic mass is 16.4. The highest BCUT2D eigenvalue weighted by molar-refractivity contribution is 5.96. The Labute approximate surface area is 240 Å². The molecule has 4 amide bonds. The number of guanidine groups is 1. The summed E-state index contributed by atoms with van der Waals surface area (Å²) in [5, 5.41) is 26.4. The van der Waals surface area contributed by atoms with Crippen molar-refractivity contribution in [3.8, 4) is 5.75 Å². The van der Waals surface area contributed by atoms with Gasteiger partial charge in [-0.05, 0) is 30.5 Å².